The number of anilines is 1. The zero-order chi connectivity index (χ0) is 19.8. The maximum atomic E-state index is 11.5. The molecule has 0 bridgehead atoms. The summed E-state index contributed by atoms with van der Waals surface area (Å²) in [6, 6.07) is 10.5. The number of carbonyl (C=O) groups excluding carboxylic acids is 1. The lowest BCUT2D eigenvalue weighted by atomic mass is 9.84. The van der Waals surface area contributed by atoms with E-state index in [1.54, 1.807) is 7.11 Å². The van der Waals surface area contributed by atoms with Crippen molar-refractivity contribution in [2.75, 3.05) is 44.7 Å². The molecule has 0 spiro atoms. The highest BCUT2D eigenvalue weighted by Crippen LogP contribution is 2.28. The number of ether oxygens (including phenoxy) is 1. The van der Waals surface area contributed by atoms with Crippen molar-refractivity contribution < 1.29 is 9.53 Å². The van der Waals surface area contributed by atoms with E-state index in [-0.39, 0.29) is 18.4 Å². The molecule has 0 atom stereocenters. The average Bonchev–Trinajstić information content (AvgIpc) is 2.74. The highest BCUT2D eigenvalue weighted by Gasteiger charge is 2.24. The zero-order valence-corrected chi connectivity index (χ0v) is 16.9. The van der Waals surface area contributed by atoms with Crippen LogP contribution in [0.1, 0.15) is 38.5 Å². The summed E-state index contributed by atoms with van der Waals surface area (Å²) in [4.78, 5) is 16.6. The molecular weight excluding hydrogens is 352 g/mol. The van der Waals surface area contributed by atoms with Crippen molar-refractivity contribution in [3.8, 4) is 11.8 Å². The summed E-state index contributed by atoms with van der Waals surface area (Å²) in [5, 5.41) is 11.6. The second-order valence-electron chi connectivity index (χ2n) is 7.94. The number of hydrogen-bond acceptors (Lipinski definition) is 5. The Kier molecular flexibility index (Phi) is 7.55. The predicted octanol–water partition coefficient (Wildman–Crippen LogP) is 2.80. The molecule has 152 valence electrons. The van der Waals surface area contributed by atoms with Crippen molar-refractivity contribution in [3.05, 3.63) is 24.3 Å². The van der Waals surface area contributed by atoms with Gasteiger partial charge in [-0.15, -0.1) is 0 Å². The van der Waals surface area contributed by atoms with Crippen molar-refractivity contribution >= 4 is 11.6 Å². The van der Waals surface area contributed by atoms with Gasteiger partial charge in [0.15, 0.2) is 0 Å². The summed E-state index contributed by atoms with van der Waals surface area (Å²) in [5.74, 6) is 1.56. The molecule has 6 heteroatoms. The molecule has 1 aliphatic heterocycles. The van der Waals surface area contributed by atoms with Crippen LogP contribution in [0.3, 0.4) is 0 Å². The van der Waals surface area contributed by atoms with Crippen LogP contribution in [0.4, 0.5) is 5.69 Å². The van der Waals surface area contributed by atoms with Gasteiger partial charge in [0.25, 0.3) is 0 Å². The van der Waals surface area contributed by atoms with Crippen molar-refractivity contribution in [3.63, 3.8) is 0 Å². The first-order valence-corrected chi connectivity index (χ1v) is 10.5. The molecule has 1 aromatic carbocycles. The molecule has 2 aliphatic rings. The standard InChI is InChI=1S/C22H32N4O2/c1-28-21-4-2-3-20(17-21)26-15-13-25(14-16-26)12-10-18-5-7-19(8-6-18)24-22(27)9-11-23/h2-4,17-19H,5-10,12-16H2,1H3,(H,24,27)/t18-,19-. The molecule has 1 saturated heterocycles. The molecule has 1 saturated carbocycles. The van der Waals surface area contributed by atoms with Gasteiger partial charge in [0.2, 0.25) is 5.91 Å². The monoisotopic (exact) mass is 384 g/mol. The minimum absolute atomic E-state index is 0.0261. The van der Waals surface area contributed by atoms with Crippen LogP contribution in [-0.2, 0) is 4.79 Å². The summed E-state index contributed by atoms with van der Waals surface area (Å²) < 4.78 is 5.34. The van der Waals surface area contributed by atoms with E-state index in [1.165, 1.54) is 31.5 Å². The number of nitrogens with one attached hydrogen (secondary N) is 1. The molecule has 1 aromatic rings. The van der Waals surface area contributed by atoms with E-state index in [4.69, 9.17) is 10.00 Å². The van der Waals surface area contributed by atoms with Gasteiger partial charge in [-0.2, -0.15) is 5.26 Å². The molecule has 28 heavy (non-hydrogen) atoms. The van der Waals surface area contributed by atoms with E-state index < -0.39 is 0 Å². The number of methoxy groups -OCH3 is 1. The largest absolute Gasteiger partial charge is 0.497 e. The zero-order valence-electron chi connectivity index (χ0n) is 16.9. The minimum Gasteiger partial charge on any atom is -0.497 e. The lowest BCUT2D eigenvalue weighted by Crippen LogP contribution is -2.47. The molecule has 2 fully saturated rings. The molecule has 0 unspecified atom stereocenters. The van der Waals surface area contributed by atoms with Crippen molar-refractivity contribution in [2.45, 2.75) is 44.6 Å². The normalized spacial score (nSPS) is 23.1. The first-order chi connectivity index (χ1) is 13.7. The van der Waals surface area contributed by atoms with Crippen molar-refractivity contribution in [2.24, 2.45) is 5.92 Å². The third kappa shape index (κ3) is 5.87. The summed E-state index contributed by atoms with van der Waals surface area (Å²) in [6.45, 7) is 5.51. The van der Waals surface area contributed by atoms with Crippen LogP contribution in [-0.4, -0.2) is 56.7 Å². The Labute approximate surface area is 168 Å². The van der Waals surface area contributed by atoms with Gasteiger partial charge in [-0.1, -0.05) is 6.07 Å². The average molecular weight is 385 g/mol. The molecule has 1 N–H and O–H groups in total. The van der Waals surface area contributed by atoms with E-state index in [9.17, 15) is 4.79 Å². The number of nitriles is 1. The van der Waals surface area contributed by atoms with E-state index in [2.05, 4.69) is 33.3 Å². The maximum Gasteiger partial charge on any atom is 0.234 e. The SMILES string of the molecule is COc1cccc(N2CCN(CC[C@H]3CC[C@H](NC(=O)CC#N)CC3)CC2)c1. The van der Waals surface area contributed by atoms with Crippen LogP contribution < -0.4 is 15.0 Å². The first kappa shape index (κ1) is 20.5. The number of amides is 1. The maximum absolute atomic E-state index is 11.5. The van der Waals surface area contributed by atoms with Crippen LogP contribution in [0.15, 0.2) is 24.3 Å². The van der Waals surface area contributed by atoms with Gasteiger partial charge in [0.1, 0.15) is 12.2 Å². The van der Waals surface area contributed by atoms with Crippen LogP contribution in [0.25, 0.3) is 0 Å². The van der Waals surface area contributed by atoms with Crippen molar-refractivity contribution in [1.82, 2.24) is 10.2 Å². The lowest BCUT2D eigenvalue weighted by Gasteiger charge is -2.37. The van der Waals surface area contributed by atoms with Gasteiger partial charge in [-0.25, -0.2) is 0 Å². The van der Waals surface area contributed by atoms with Gasteiger partial charge >= 0.3 is 0 Å². The molecule has 1 amide bonds. The predicted molar refractivity (Wildman–Crippen MR) is 110 cm³/mol. The number of piperazine rings is 1. The second kappa shape index (κ2) is 10.3. The Morgan fingerprint density at radius 1 is 1.21 bits per heavy atom. The number of benzene rings is 1. The molecule has 1 heterocycles. The fourth-order valence-corrected chi connectivity index (χ4v) is 4.35. The van der Waals surface area contributed by atoms with E-state index in [0.717, 1.165) is 50.7 Å². The Morgan fingerprint density at radius 2 is 1.96 bits per heavy atom. The Bertz CT molecular complexity index is 671. The summed E-state index contributed by atoms with van der Waals surface area (Å²) in [5.41, 5.74) is 1.25. The highest BCUT2D eigenvalue weighted by molar-refractivity contribution is 5.78. The topological polar surface area (TPSA) is 68.6 Å². The molecule has 0 aromatic heterocycles. The van der Waals surface area contributed by atoms with Crippen LogP contribution in [0.2, 0.25) is 0 Å². The van der Waals surface area contributed by atoms with Crippen molar-refractivity contribution in [1.29, 1.82) is 5.26 Å². The third-order valence-corrected chi connectivity index (χ3v) is 6.10. The Balaban J connectivity index is 1.34. The lowest BCUT2D eigenvalue weighted by molar-refractivity contribution is -0.121. The fraction of sp³-hybridized carbons (Fsp3) is 0.636. The third-order valence-electron chi connectivity index (χ3n) is 6.10. The number of carbonyl (C=O) groups is 1. The number of hydrogen-bond donors (Lipinski definition) is 1. The molecular formula is C22H32N4O2. The van der Waals surface area contributed by atoms with Gasteiger partial charge in [0.05, 0.1) is 13.2 Å². The molecule has 3 rings (SSSR count). The van der Waals surface area contributed by atoms with Crippen LogP contribution >= 0.6 is 0 Å². The highest BCUT2D eigenvalue weighted by atomic mass is 16.5. The number of rotatable bonds is 7. The summed E-state index contributed by atoms with van der Waals surface area (Å²) >= 11 is 0. The summed E-state index contributed by atoms with van der Waals surface area (Å²) in [6.07, 6.45) is 5.68. The van der Waals surface area contributed by atoms with Gasteiger partial charge in [-0.05, 0) is 56.7 Å². The fourth-order valence-electron chi connectivity index (χ4n) is 4.35. The van der Waals surface area contributed by atoms with E-state index in [1.807, 2.05) is 12.1 Å². The van der Waals surface area contributed by atoms with Gasteiger partial charge < -0.3 is 15.0 Å². The molecule has 0 radical (unpaired) electrons. The Morgan fingerprint density at radius 3 is 2.64 bits per heavy atom. The molecule has 1 aliphatic carbocycles. The van der Waals surface area contributed by atoms with Crippen LogP contribution in [0, 0.1) is 17.2 Å². The Hall–Kier alpha value is -2.26. The van der Waals surface area contributed by atoms with E-state index in [0.29, 0.717) is 0 Å². The first-order valence-electron chi connectivity index (χ1n) is 10.5. The quantitative estimate of drug-likeness (QED) is 0.783. The van der Waals surface area contributed by atoms with Crippen LogP contribution in [0.5, 0.6) is 5.75 Å². The minimum atomic E-state index is -0.125. The van der Waals surface area contributed by atoms with E-state index >= 15 is 0 Å². The molecule has 6 nitrogen and oxygen atoms in total. The van der Waals surface area contributed by atoms with Gasteiger partial charge in [0, 0.05) is 44.0 Å². The second-order valence-corrected chi connectivity index (χ2v) is 7.94. The number of nitrogens with zero attached hydrogens (tertiary/aromatic N) is 3. The summed E-state index contributed by atoms with van der Waals surface area (Å²) in [7, 11) is 1.71. The van der Waals surface area contributed by atoms with Gasteiger partial charge in [-0.3, -0.25) is 9.69 Å². The smallest absolute Gasteiger partial charge is 0.234 e.